The monoisotopic (exact) mass is 290 g/mol. The van der Waals surface area contributed by atoms with Crippen LogP contribution in [0, 0.1) is 6.92 Å². The van der Waals surface area contributed by atoms with Crippen molar-refractivity contribution in [1.82, 2.24) is 0 Å². The predicted molar refractivity (Wildman–Crippen MR) is 63.1 cm³/mol. The van der Waals surface area contributed by atoms with E-state index in [-0.39, 0.29) is 11.0 Å². The van der Waals surface area contributed by atoms with Gasteiger partial charge in [0.15, 0.2) is 11.2 Å². The molecular formula is C13H10F4O3. The minimum Gasteiger partial charge on any atom is -0.454 e. The topological polar surface area (TPSA) is 39.4 Å². The van der Waals surface area contributed by atoms with Gasteiger partial charge in [0.25, 0.3) is 0 Å². The first-order chi connectivity index (χ1) is 9.19. The third-order valence-electron chi connectivity index (χ3n) is 2.85. The molecule has 0 N–H and O–H groups in total. The molecule has 0 spiro atoms. The van der Waals surface area contributed by atoms with E-state index in [1.807, 2.05) is 0 Å². The summed E-state index contributed by atoms with van der Waals surface area (Å²) < 4.78 is 60.9. The number of benzene rings is 1. The number of hydrogen-bond acceptors (Lipinski definition) is 3. The molecule has 0 fully saturated rings. The Morgan fingerprint density at radius 1 is 1.15 bits per heavy atom. The van der Waals surface area contributed by atoms with Gasteiger partial charge in [0, 0.05) is 13.2 Å². The Morgan fingerprint density at radius 2 is 1.80 bits per heavy atom. The molecule has 20 heavy (non-hydrogen) atoms. The van der Waals surface area contributed by atoms with Crippen LogP contribution in [0.1, 0.15) is 11.3 Å². The second-order valence-corrected chi connectivity index (χ2v) is 4.27. The van der Waals surface area contributed by atoms with E-state index in [1.165, 1.54) is 18.2 Å². The van der Waals surface area contributed by atoms with Crippen LogP contribution in [0.2, 0.25) is 0 Å². The first-order valence-corrected chi connectivity index (χ1v) is 5.55. The normalized spacial score (nSPS) is 15.3. The van der Waals surface area contributed by atoms with Crippen LogP contribution in [0.5, 0.6) is 0 Å². The van der Waals surface area contributed by atoms with Gasteiger partial charge in [-0.1, -0.05) is 11.6 Å². The van der Waals surface area contributed by atoms with Gasteiger partial charge in [-0.2, -0.15) is 17.6 Å². The Morgan fingerprint density at radius 3 is 2.35 bits per heavy atom. The van der Waals surface area contributed by atoms with Crippen LogP contribution in [-0.2, 0) is 10.6 Å². The molecule has 0 radical (unpaired) electrons. The molecule has 0 aliphatic rings. The van der Waals surface area contributed by atoms with Gasteiger partial charge in [-0.3, -0.25) is 4.79 Å². The largest absolute Gasteiger partial charge is 0.456 e. The summed E-state index contributed by atoms with van der Waals surface area (Å²) in [6, 6.07) is 4.75. The number of methoxy groups -OCH3 is 1. The van der Waals surface area contributed by atoms with Crippen molar-refractivity contribution >= 4 is 11.0 Å². The number of halogens is 4. The van der Waals surface area contributed by atoms with Crippen molar-refractivity contribution in [1.29, 1.82) is 0 Å². The number of ether oxygens (including phenoxy) is 1. The van der Waals surface area contributed by atoms with Crippen molar-refractivity contribution in [2.24, 2.45) is 0 Å². The fourth-order valence-corrected chi connectivity index (χ4v) is 1.78. The zero-order valence-corrected chi connectivity index (χ0v) is 10.5. The summed E-state index contributed by atoms with van der Waals surface area (Å²) in [6.45, 7) is 1.71. The standard InChI is InChI=1S/C13H10F4O3/c1-7-3-4-10-8(5-7)9(18)6-11(20-10)12(14,19-2)13(15,16)17/h3-6H,1-2H3. The van der Waals surface area contributed by atoms with Crippen molar-refractivity contribution in [3.63, 3.8) is 0 Å². The van der Waals surface area contributed by atoms with Crippen LogP contribution < -0.4 is 5.43 Å². The number of fused-ring (bicyclic) bond motifs is 1. The zero-order valence-electron chi connectivity index (χ0n) is 10.5. The third kappa shape index (κ3) is 2.18. The lowest BCUT2D eigenvalue weighted by atomic mass is 10.1. The summed E-state index contributed by atoms with van der Waals surface area (Å²) in [5.41, 5.74) is -0.179. The van der Waals surface area contributed by atoms with E-state index in [1.54, 1.807) is 6.92 Å². The molecule has 0 saturated heterocycles. The quantitative estimate of drug-likeness (QED) is 0.795. The molecule has 0 amide bonds. The van der Waals surface area contributed by atoms with E-state index in [0.717, 1.165) is 5.56 Å². The van der Waals surface area contributed by atoms with Crippen LogP contribution in [0.15, 0.2) is 33.5 Å². The lowest BCUT2D eigenvalue weighted by Gasteiger charge is -2.24. The Kier molecular flexibility index (Phi) is 3.33. The molecule has 1 aromatic heterocycles. The summed E-state index contributed by atoms with van der Waals surface area (Å²) in [7, 11) is 0.548. The molecule has 7 heteroatoms. The molecule has 2 rings (SSSR count). The minimum absolute atomic E-state index is 0.0781. The Bertz CT molecular complexity index is 705. The maximum Gasteiger partial charge on any atom is 0.456 e. The second-order valence-electron chi connectivity index (χ2n) is 4.27. The Labute approximate surface area is 110 Å². The average molecular weight is 290 g/mol. The van der Waals surface area contributed by atoms with Gasteiger partial charge in [-0.25, -0.2) is 0 Å². The lowest BCUT2D eigenvalue weighted by molar-refractivity contribution is -0.339. The number of rotatable bonds is 2. The zero-order chi connectivity index (χ0) is 15.1. The highest BCUT2D eigenvalue weighted by atomic mass is 19.4. The number of alkyl halides is 4. The fraction of sp³-hybridized carbons (Fsp3) is 0.308. The van der Waals surface area contributed by atoms with E-state index in [4.69, 9.17) is 4.42 Å². The summed E-state index contributed by atoms with van der Waals surface area (Å²) in [5, 5.41) is 0.0781. The molecule has 1 unspecified atom stereocenters. The van der Waals surface area contributed by atoms with Gasteiger partial charge in [-0.15, -0.1) is 0 Å². The highest BCUT2D eigenvalue weighted by Crippen LogP contribution is 2.43. The van der Waals surface area contributed by atoms with E-state index in [2.05, 4.69) is 4.74 Å². The van der Waals surface area contributed by atoms with Gasteiger partial charge >= 0.3 is 12.0 Å². The predicted octanol–water partition coefficient (Wildman–Crippen LogP) is 3.43. The Hall–Kier alpha value is -1.89. The molecule has 0 bridgehead atoms. The number of hydrogen-bond donors (Lipinski definition) is 0. The van der Waals surface area contributed by atoms with Crippen molar-refractivity contribution in [3.8, 4) is 0 Å². The minimum atomic E-state index is -5.37. The summed E-state index contributed by atoms with van der Waals surface area (Å²) in [5.74, 6) is -5.39. The first kappa shape index (κ1) is 14.5. The number of aryl methyl sites for hydroxylation is 1. The summed E-state index contributed by atoms with van der Waals surface area (Å²) in [4.78, 5) is 11.8. The van der Waals surface area contributed by atoms with Crippen molar-refractivity contribution < 1.29 is 26.7 Å². The van der Waals surface area contributed by atoms with E-state index < -0.39 is 23.2 Å². The van der Waals surface area contributed by atoms with Gasteiger partial charge in [-0.05, 0) is 19.1 Å². The molecule has 0 aliphatic heterocycles. The molecule has 1 atom stereocenters. The molecule has 1 heterocycles. The van der Waals surface area contributed by atoms with E-state index in [0.29, 0.717) is 13.2 Å². The lowest BCUT2D eigenvalue weighted by Crippen LogP contribution is -2.40. The van der Waals surface area contributed by atoms with Crippen molar-refractivity contribution in [2.45, 2.75) is 19.0 Å². The van der Waals surface area contributed by atoms with Gasteiger partial charge in [0.2, 0.25) is 0 Å². The van der Waals surface area contributed by atoms with Crippen LogP contribution >= 0.6 is 0 Å². The highest BCUT2D eigenvalue weighted by molar-refractivity contribution is 5.77. The third-order valence-corrected chi connectivity index (χ3v) is 2.85. The Balaban J connectivity index is 2.74. The summed E-state index contributed by atoms with van der Waals surface area (Å²) >= 11 is 0. The van der Waals surface area contributed by atoms with Crippen molar-refractivity contribution in [2.75, 3.05) is 7.11 Å². The second kappa shape index (κ2) is 4.59. The molecule has 3 nitrogen and oxygen atoms in total. The van der Waals surface area contributed by atoms with Crippen molar-refractivity contribution in [3.05, 3.63) is 45.8 Å². The molecule has 0 aliphatic carbocycles. The summed E-state index contributed by atoms with van der Waals surface area (Å²) in [6.07, 6.45) is -5.37. The molecular weight excluding hydrogens is 280 g/mol. The van der Waals surface area contributed by atoms with E-state index in [9.17, 15) is 22.4 Å². The van der Waals surface area contributed by atoms with Crippen LogP contribution in [-0.4, -0.2) is 13.3 Å². The fourth-order valence-electron chi connectivity index (χ4n) is 1.78. The highest BCUT2D eigenvalue weighted by Gasteiger charge is 2.61. The molecule has 1 aromatic carbocycles. The van der Waals surface area contributed by atoms with Crippen LogP contribution in [0.4, 0.5) is 17.6 Å². The molecule has 108 valence electrons. The van der Waals surface area contributed by atoms with E-state index >= 15 is 0 Å². The SMILES string of the molecule is COC(F)(c1cc(=O)c2cc(C)ccc2o1)C(F)(F)F. The van der Waals surface area contributed by atoms with Gasteiger partial charge in [0.1, 0.15) is 5.58 Å². The molecule has 0 saturated carbocycles. The maximum absolute atomic E-state index is 14.0. The first-order valence-electron chi connectivity index (χ1n) is 5.55. The molecule has 2 aromatic rings. The maximum atomic E-state index is 14.0. The van der Waals surface area contributed by atoms with Crippen LogP contribution in [0.3, 0.4) is 0 Å². The van der Waals surface area contributed by atoms with Gasteiger partial charge < -0.3 is 9.15 Å². The van der Waals surface area contributed by atoms with Gasteiger partial charge in [0.05, 0.1) is 5.39 Å². The smallest absolute Gasteiger partial charge is 0.454 e. The average Bonchev–Trinajstić information content (AvgIpc) is 2.37. The van der Waals surface area contributed by atoms with Crippen LogP contribution in [0.25, 0.3) is 11.0 Å².